The molecule has 3 heteroatoms. The highest BCUT2D eigenvalue weighted by Crippen LogP contribution is 2.71. The van der Waals surface area contributed by atoms with Gasteiger partial charge >= 0.3 is 5.97 Å². The molecule has 0 aromatic rings. The molecule has 33 heavy (non-hydrogen) atoms. The van der Waals surface area contributed by atoms with Crippen molar-refractivity contribution in [1.29, 1.82) is 0 Å². The first-order valence-corrected chi connectivity index (χ1v) is 13.2. The summed E-state index contributed by atoms with van der Waals surface area (Å²) in [5.41, 5.74) is 4.11. The van der Waals surface area contributed by atoms with Crippen molar-refractivity contribution >= 4 is 11.8 Å². The first-order chi connectivity index (χ1) is 15.3. The predicted octanol–water partition coefficient (Wildman–Crippen LogP) is 7.53. The van der Waals surface area contributed by atoms with E-state index in [2.05, 4.69) is 47.6 Å². The van der Waals surface area contributed by atoms with Crippen LogP contribution in [-0.4, -0.2) is 16.9 Å². The molecule has 0 aromatic carbocycles. The highest BCUT2D eigenvalue weighted by atomic mass is 16.4. The number of fused-ring (bicyclic) bond motifs is 4. The number of allylic oxidation sites excluding steroid dienone is 5. The van der Waals surface area contributed by atoms with E-state index in [1.54, 1.807) is 18.1 Å². The van der Waals surface area contributed by atoms with Crippen molar-refractivity contribution in [3.8, 4) is 0 Å². The Morgan fingerprint density at radius 1 is 1.12 bits per heavy atom. The lowest BCUT2D eigenvalue weighted by Crippen LogP contribution is -2.52. The number of aliphatic carboxylic acids is 1. The molecule has 0 amide bonds. The van der Waals surface area contributed by atoms with E-state index in [4.69, 9.17) is 5.11 Å². The average Bonchev–Trinajstić information content (AvgIpc) is 3.02. The van der Waals surface area contributed by atoms with E-state index < -0.39 is 5.97 Å². The van der Waals surface area contributed by atoms with Crippen LogP contribution in [0.3, 0.4) is 0 Å². The van der Waals surface area contributed by atoms with Crippen LogP contribution >= 0.6 is 0 Å². The number of hydrogen-bond donors (Lipinski definition) is 1. The molecular formula is C30H44O3. The molecule has 4 rings (SSSR count). The van der Waals surface area contributed by atoms with E-state index in [0.717, 1.165) is 32.1 Å². The van der Waals surface area contributed by atoms with Gasteiger partial charge < -0.3 is 5.11 Å². The Balaban J connectivity index is 1.63. The summed E-state index contributed by atoms with van der Waals surface area (Å²) in [5, 5.41) is 9.15. The van der Waals surface area contributed by atoms with Crippen LogP contribution in [0.2, 0.25) is 0 Å². The van der Waals surface area contributed by atoms with Crippen molar-refractivity contribution < 1.29 is 14.7 Å². The summed E-state index contributed by atoms with van der Waals surface area (Å²) in [6, 6.07) is 0. The van der Waals surface area contributed by atoms with Crippen molar-refractivity contribution in [1.82, 2.24) is 0 Å². The van der Waals surface area contributed by atoms with E-state index in [1.165, 1.54) is 19.3 Å². The maximum absolute atomic E-state index is 12.7. The molecule has 0 bridgehead atoms. The van der Waals surface area contributed by atoms with Gasteiger partial charge in [-0.25, -0.2) is 4.79 Å². The Kier molecular flexibility index (Phi) is 5.90. The molecule has 4 aliphatic rings. The van der Waals surface area contributed by atoms with E-state index in [1.807, 2.05) is 12.2 Å². The van der Waals surface area contributed by atoms with Crippen LogP contribution in [0.15, 0.2) is 34.9 Å². The highest BCUT2D eigenvalue weighted by Gasteiger charge is 2.62. The van der Waals surface area contributed by atoms with Crippen molar-refractivity contribution in [3.63, 3.8) is 0 Å². The van der Waals surface area contributed by atoms with Crippen LogP contribution in [0.5, 0.6) is 0 Å². The number of hydrogen-bond acceptors (Lipinski definition) is 2. The van der Waals surface area contributed by atoms with Crippen molar-refractivity contribution in [2.75, 3.05) is 0 Å². The number of ketones is 1. The SMILES string of the molecule is CC(=CCCC(C)C1CCC2(C)C3=C(CCC12C)C1(C)C=CC(=O)C(C)(C)C1CC3)C(=O)O. The molecule has 182 valence electrons. The van der Waals surface area contributed by atoms with Gasteiger partial charge in [-0.15, -0.1) is 0 Å². The second kappa shape index (κ2) is 7.95. The number of carbonyl (C=O) groups excluding carboxylic acids is 1. The lowest BCUT2D eigenvalue weighted by molar-refractivity contribution is -0.132. The van der Waals surface area contributed by atoms with Crippen LogP contribution in [0.1, 0.15) is 99.8 Å². The van der Waals surface area contributed by atoms with Crippen LogP contribution in [0.25, 0.3) is 0 Å². The Morgan fingerprint density at radius 3 is 2.48 bits per heavy atom. The molecule has 3 nitrogen and oxygen atoms in total. The summed E-state index contributed by atoms with van der Waals surface area (Å²) in [6.45, 7) is 15.9. The Morgan fingerprint density at radius 2 is 1.82 bits per heavy atom. The third-order valence-corrected chi connectivity index (χ3v) is 11.2. The van der Waals surface area contributed by atoms with E-state index in [-0.39, 0.29) is 16.2 Å². The first-order valence-electron chi connectivity index (χ1n) is 13.2. The minimum absolute atomic E-state index is 0.0121. The van der Waals surface area contributed by atoms with Gasteiger partial charge in [0.1, 0.15) is 0 Å². The zero-order valence-corrected chi connectivity index (χ0v) is 21.9. The molecular weight excluding hydrogens is 408 g/mol. The Bertz CT molecular complexity index is 950. The maximum Gasteiger partial charge on any atom is 0.330 e. The smallest absolute Gasteiger partial charge is 0.330 e. The lowest BCUT2D eigenvalue weighted by atomic mass is 9.44. The zero-order chi connectivity index (χ0) is 24.4. The van der Waals surface area contributed by atoms with Gasteiger partial charge in [0.2, 0.25) is 0 Å². The van der Waals surface area contributed by atoms with Crippen LogP contribution < -0.4 is 0 Å². The van der Waals surface area contributed by atoms with Crippen LogP contribution in [0.4, 0.5) is 0 Å². The summed E-state index contributed by atoms with van der Waals surface area (Å²) in [6.07, 6.45) is 15.1. The van der Waals surface area contributed by atoms with Crippen molar-refractivity contribution in [2.45, 2.75) is 99.8 Å². The van der Waals surface area contributed by atoms with E-state index >= 15 is 0 Å². The summed E-state index contributed by atoms with van der Waals surface area (Å²) in [4.78, 5) is 23.8. The van der Waals surface area contributed by atoms with Crippen molar-refractivity contribution in [2.24, 2.45) is 39.4 Å². The fraction of sp³-hybridized carbons (Fsp3) is 0.733. The van der Waals surface area contributed by atoms with Gasteiger partial charge in [0.25, 0.3) is 0 Å². The molecule has 0 aromatic heterocycles. The number of carboxylic acids is 1. The quantitative estimate of drug-likeness (QED) is 0.346. The van der Waals surface area contributed by atoms with Gasteiger partial charge in [0, 0.05) is 16.4 Å². The molecule has 0 spiro atoms. The van der Waals surface area contributed by atoms with Crippen LogP contribution in [-0.2, 0) is 9.59 Å². The zero-order valence-electron chi connectivity index (χ0n) is 21.9. The molecule has 1 N–H and O–H groups in total. The van der Waals surface area contributed by atoms with E-state index in [9.17, 15) is 9.59 Å². The van der Waals surface area contributed by atoms with Crippen LogP contribution in [0, 0.1) is 39.4 Å². The second-order valence-corrected chi connectivity index (χ2v) is 12.9. The molecule has 6 atom stereocenters. The van der Waals surface area contributed by atoms with Gasteiger partial charge in [0.15, 0.2) is 5.78 Å². The molecule has 0 radical (unpaired) electrons. The molecule has 6 unspecified atom stereocenters. The third-order valence-electron chi connectivity index (χ3n) is 11.2. The average molecular weight is 453 g/mol. The highest BCUT2D eigenvalue weighted by molar-refractivity contribution is 5.96. The fourth-order valence-corrected chi connectivity index (χ4v) is 8.83. The predicted molar refractivity (Wildman–Crippen MR) is 134 cm³/mol. The molecule has 1 fully saturated rings. The summed E-state index contributed by atoms with van der Waals surface area (Å²) in [5.74, 6) is 1.16. The van der Waals surface area contributed by atoms with Gasteiger partial charge in [-0.3, -0.25) is 4.79 Å². The summed E-state index contributed by atoms with van der Waals surface area (Å²) >= 11 is 0. The summed E-state index contributed by atoms with van der Waals surface area (Å²) in [7, 11) is 0. The lowest BCUT2D eigenvalue weighted by Gasteiger charge is -2.59. The van der Waals surface area contributed by atoms with Gasteiger partial charge in [-0.2, -0.15) is 0 Å². The normalized spacial score (nSPS) is 40.8. The third kappa shape index (κ3) is 3.43. The van der Waals surface area contributed by atoms with Gasteiger partial charge in [-0.1, -0.05) is 64.8 Å². The largest absolute Gasteiger partial charge is 0.478 e. The Hall–Kier alpha value is -1.64. The van der Waals surface area contributed by atoms with E-state index in [0.29, 0.717) is 34.5 Å². The number of carboxylic acid groups (broad SMARTS) is 1. The minimum Gasteiger partial charge on any atom is -0.478 e. The summed E-state index contributed by atoms with van der Waals surface area (Å²) < 4.78 is 0. The van der Waals surface area contributed by atoms with Gasteiger partial charge in [-0.05, 0) is 93.0 Å². The first kappa shape index (κ1) is 24.5. The molecule has 0 aliphatic heterocycles. The number of carbonyl (C=O) groups is 2. The van der Waals surface area contributed by atoms with Gasteiger partial charge in [0.05, 0.1) is 0 Å². The molecule has 1 saturated carbocycles. The van der Waals surface area contributed by atoms with Crippen molar-refractivity contribution in [3.05, 3.63) is 34.9 Å². The number of rotatable bonds is 5. The topological polar surface area (TPSA) is 54.4 Å². The second-order valence-electron chi connectivity index (χ2n) is 12.9. The fourth-order valence-electron chi connectivity index (χ4n) is 8.83. The molecule has 0 saturated heterocycles. The minimum atomic E-state index is -0.805. The molecule has 0 heterocycles. The monoisotopic (exact) mass is 452 g/mol. The molecule has 4 aliphatic carbocycles. The standard InChI is InChI=1S/C30H44O3/c1-19(9-8-10-20(2)26(32)33)21-13-17-30(7)23-11-12-24-27(3,4)25(31)15-16-28(24,5)22(23)14-18-29(21,30)6/h10,15-16,19,21,24H,8-9,11-14,17-18H2,1-7H3,(H,32,33). The Labute approximate surface area is 200 Å². The maximum atomic E-state index is 12.7.